The van der Waals surface area contributed by atoms with Crippen LogP contribution in [0.4, 0.5) is 0 Å². The highest BCUT2D eigenvalue weighted by atomic mass is 32.1. The van der Waals surface area contributed by atoms with Gasteiger partial charge in [0.2, 0.25) is 10.8 Å². The lowest BCUT2D eigenvalue weighted by molar-refractivity contribution is 0.273. The number of ether oxygens (including phenoxy) is 1. The molecule has 1 atom stereocenters. The van der Waals surface area contributed by atoms with Gasteiger partial charge in [0.05, 0.1) is 24.8 Å². The van der Waals surface area contributed by atoms with Crippen molar-refractivity contribution in [2.45, 2.75) is 12.5 Å². The molecule has 0 aliphatic rings. The van der Waals surface area contributed by atoms with Crippen LogP contribution in [0.2, 0.25) is 0 Å². The zero-order valence-electron chi connectivity index (χ0n) is 15.8. The van der Waals surface area contributed by atoms with Gasteiger partial charge in [-0.05, 0) is 38.7 Å². The van der Waals surface area contributed by atoms with Crippen LogP contribution in [-0.2, 0) is 0 Å². The van der Waals surface area contributed by atoms with Crippen LogP contribution in [0.1, 0.15) is 23.2 Å². The zero-order chi connectivity index (χ0) is 19.5. The fourth-order valence-electron chi connectivity index (χ4n) is 2.79. The van der Waals surface area contributed by atoms with Gasteiger partial charge in [-0.1, -0.05) is 11.3 Å². The van der Waals surface area contributed by atoms with Crippen LogP contribution in [0.5, 0.6) is 5.88 Å². The molecule has 4 aromatic rings. The number of aromatic nitrogens is 4. The number of nitrogens with two attached hydrogens (primary N) is 1. The Morgan fingerprint density at radius 2 is 2.14 bits per heavy atom. The van der Waals surface area contributed by atoms with Gasteiger partial charge in [-0.25, -0.2) is 14.5 Å². The molecule has 9 heteroatoms. The fourth-order valence-corrected chi connectivity index (χ4v) is 3.68. The molecule has 0 spiro atoms. The van der Waals surface area contributed by atoms with Crippen molar-refractivity contribution in [2.24, 2.45) is 5.73 Å². The van der Waals surface area contributed by atoms with E-state index in [1.807, 2.05) is 38.4 Å². The summed E-state index contributed by atoms with van der Waals surface area (Å²) in [4.78, 5) is 11.8. The number of furan rings is 1. The Bertz CT molecular complexity index is 1020. The largest absolute Gasteiger partial charge is 0.478 e. The maximum Gasteiger partial charge on any atom is 0.213 e. The normalized spacial score (nSPS) is 12.7. The fraction of sp³-hybridized carbons (Fsp3) is 0.316. The van der Waals surface area contributed by atoms with Crippen molar-refractivity contribution < 1.29 is 9.15 Å². The molecule has 4 aromatic heterocycles. The highest BCUT2D eigenvalue weighted by Crippen LogP contribution is 2.28. The van der Waals surface area contributed by atoms with E-state index in [0.29, 0.717) is 18.2 Å². The molecule has 146 valence electrons. The number of hydrogen-bond donors (Lipinski definition) is 1. The molecule has 1 unspecified atom stereocenters. The minimum Gasteiger partial charge on any atom is -0.478 e. The van der Waals surface area contributed by atoms with Gasteiger partial charge in [0, 0.05) is 24.4 Å². The van der Waals surface area contributed by atoms with Crippen LogP contribution in [0.15, 0.2) is 47.3 Å². The van der Waals surface area contributed by atoms with Crippen molar-refractivity contribution in [3.8, 4) is 17.1 Å². The average Bonchev–Trinajstić information content (AvgIpc) is 3.42. The highest BCUT2D eigenvalue weighted by molar-refractivity contribution is 7.16. The lowest BCUT2D eigenvalue weighted by Gasteiger charge is -2.10. The van der Waals surface area contributed by atoms with E-state index in [1.54, 1.807) is 23.2 Å². The lowest BCUT2D eigenvalue weighted by atomic mass is 10.2. The van der Waals surface area contributed by atoms with Gasteiger partial charge in [0.15, 0.2) is 0 Å². The van der Waals surface area contributed by atoms with Crippen LogP contribution >= 0.6 is 11.3 Å². The molecule has 28 heavy (non-hydrogen) atoms. The zero-order valence-corrected chi connectivity index (χ0v) is 16.6. The van der Waals surface area contributed by atoms with Crippen LogP contribution in [-0.4, -0.2) is 51.7 Å². The number of pyridine rings is 1. The van der Waals surface area contributed by atoms with E-state index in [1.165, 1.54) is 11.3 Å². The van der Waals surface area contributed by atoms with Crippen molar-refractivity contribution in [1.29, 1.82) is 0 Å². The van der Waals surface area contributed by atoms with E-state index in [2.05, 4.69) is 20.0 Å². The third-order valence-corrected chi connectivity index (χ3v) is 5.25. The Kier molecular flexibility index (Phi) is 5.38. The van der Waals surface area contributed by atoms with Crippen LogP contribution in [0, 0.1) is 0 Å². The molecule has 0 fully saturated rings. The first-order valence-corrected chi connectivity index (χ1v) is 9.81. The summed E-state index contributed by atoms with van der Waals surface area (Å²) in [6.45, 7) is 1.62. The molecule has 2 N–H and O–H groups in total. The minimum atomic E-state index is -0.411. The second-order valence-corrected chi connectivity index (χ2v) is 7.65. The summed E-state index contributed by atoms with van der Waals surface area (Å²) in [6, 6.07) is 7.08. The third kappa shape index (κ3) is 3.91. The Morgan fingerprint density at radius 3 is 2.86 bits per heavy atom. The number of nitrogens with zero attached hydrogens (tertiary/aromatic N) is 5. The Labute approximate surface area is 166 Å². The molecule has 0 saturated heterocycles. The van der Waals surface area contributed by atoms with E-state index >= 15 is 0 Å². The summed E-state index contributed by atoms with van der Waals surface area (Å²) >= 11 is 1.44. The SMILES string of the molecule is CN(C)CCCOc1ccc(-c2cnc3sc(C(N)c4ccco4)nn23)cn1. The standard InChI is InChI=1S/C19H22N6O2S/c1-24(2)8-4-10-27-16-7-6-13(11-21-16)14-12-22-19-25(14)23-18(28-19)17(20)15-5-3-9-26-15/h3,5-7,9,11-12,17H,4,8,10,20H2,1-2H3. The van der Waals surface area contributed by atoms with E-state index in [9.17, 15) is 0 Å². The molecular weight excluding hydrogens is 376 g/mol. The maximum absolute atomic E-state index is 6.25. The van der Waals surface area contributed by atoms with E-state index in [4.69, 9.17) is 14.9 Å². The van der Waals surface area contributed by atoms with E-state index in [-0.39, 0.29) is 0 Å². The van der Waals surface area contributed by atoms with E-state index < -0.39 is 6.04 Å². The second kappa shape index (κ2) is 8.09. The van der Waals surface area contributed by atoms with Crippen molar-refractivity contribution in [3.63, 3.8) is 0 Å². The first-order chi connectivity index (χ1) is 13.6. The van der Waals surface area contributed by atoms with Crippen molar-refractivity contribution in [1.82, 2.24) is 24.5 Å². The Morgan fingerprint density at radius 1 is 1.25 bits per heavy atom. The smallest absolute Gasteiger partial charge is 0.213 e. The monoisotopic (exact) mass is 398 g/mol. The minimum absolute atomic E-state index is 0.411. The second-order valence-electron chi connectivity index (χ2n) is 6.66. The molecule has 0 aromatic carbocycles. The van der Waals surface area contributed by atoms with Gasteiger partial charge in [0.25, 0.3) is 0 Å². The molecular formula is C19H22N6O2S. The first-order valence-electron chi connectivity index (χ1n) is 8.99. The summed E-state index contributed by atoms with van der Waals surface area (Å²) in [5.74, 6) is 1.29. The van der Waals surface area contributed by atoms with Gasteiger partial charge in [-0.2, -0.15) is 5.10 Å². The number of hydrogen-bond acceptors (Lipinski definition) is 8. The molecule has 8 nitrogen and oxygen atoms in total. The number of fused-ring (bicyclic) bond motifs is 1. The van der Waals surface area contributed by atoms with E-state index in [0.717, 1.165) is 34.2 Å². The Balaban J connectivity index is 1.49. The molecule has 0 saturated carbocycles. The van der Waals surface area contributed by atoms with Crippen LogP contribution in [0.3, 0.4) is 0 Å². The third-order valence-electron chi connectivity index (χ3n) is 4.25. The Hall–Kier alpha value is -2.75. The van der Waals surface area contributed by atoms with Crippen LogP contribution < -0.4 is 10.5 Å². The maximum atomic E-state index is 6.25. The average molecular weight is 398 g/mol. The molecule has 4 rings (SSSR count). The predicted molar refractivity (Wildman–Crippen MR) is 107 cm³/mol. The van der Waals surface area contributed by atoms with Crippen molar-refractivity contribution in [3.05, 3.63) is 53.7 Å². The molecule has 0 bridgehead atoms. The van der Waals surface area contributed by atoms with Crippen LogP contribution in [0.25, 0.3) is 16.2 Å². The summed E-state index contributed by atoms with van der Waals surface area (Å²) in [5.41, 5.74) is 8.02. The van der Waals surface area contributed by atoms with Gasteiger partial charge in [-0.15, -0.1) is 0 Å². The summed E-state index contributed by atoms with van der Waals surface area (Å²) < 4.78 is 12.9. The first kappa shape index (κ1) is 18.6. The van der Waals surface area contributed by atoms with Crippen molar-refractivity contribution in [2.75, 3.05) is 27.2 Å². The highest BCUT2D eigenvalue weighted by Gasteiger charge is 2.19. The molecule has 4 heterocycles. The summed E-state index contributed by atoms with van der Waals surface area (Å²) in [6.07, 6.45) is 6.12. The van der Waals surface area contributed by atoms with Gasteiger partial charge >= 0.3 is 0 Å². The predicted octanol–water partition coefficient (Wildman–Crippen LogP) is 2.82. The topological polar surface area (TPSA) is 94.7 Å². The van der Waals surface area contributed by atoms with Gasteiger partial charge in [-0.3, -0.25) is 0 Å². The molecule has 0 aliphatic carbocycles. The number of rotatable bonds is 8. The molecule has 0 amide bonds. The number of imidazole rings is 1. The van der Waals surface area contributed by atoms with Gasteiger partial charge in [0.1, 0.15) is 16.8 Å². The quantitative estimate of drug-likeness (QED) is 0.456. The van der Waals surface area contributed by atoms with Gasteiger partial charge < -0.3 is 19.8 Å². The lowest BCUT2D eigenvalue weighted by Crippen LogP contribution is -2.15. The summed E-state index contributed by atoms with van der Waals surface area (Å²) in [7, 11) is 4.09. The van der Waals surface area contributed by atoms with Crippen molar-refractivity contribution >= 4 is 16.3 Å². The summed E-state index contributed by atoms with van der Waals surface area (Å²) in [5, 5.41) is 5.37. The molecule has 0 radical (unpaired) electrons. The molecule has 0 aliphatic heterocycles.